The van der Waals surface area contributed by atoms with Crippen molar-refractivity contribution in [2.75, 3.05) is 0 Å². The van der Waals surface area contributed by atoms with Gasteiger partial charge in [-0.15, -0.1) is 0 Å². The molecule has 0 aromatic heterocycles. The van der Waals surface area contributed by atoms with E-state index in [0.29, 0.717) is 16.1 Å². The normalized spacial score (nSPS) is 16.5. The highest BCUT2D eigenvalue weighted by atomic mass is 35.5. The summed E-state index contributed by atoms with van der Waals surface area (Å²) in [6.07, 6.45) is 0.822. The second-order valence-electron chi connectivity index (χ2n) is 8.05. The predicted molar refractivity (Wildman–Crippen MR) is 129 cm³/mol. The minimum atomic E-state index is -4.15. The lowest BCUT2D eigenvalue weighted by atomic mass is 10.0. The minimum absolute atomic E-state index is 0.0252. The van der Waals surface area contributed by atoms with Gasteiger partial charge in [0, 0.05) is 11.6 Å². The molecule has 0 saturated carbocycles. The quantitative estimate of drug-likeness (QED) is 0.501. The fraction of sp³-hybridized carbons (Fsp3) is 0.192. The molecule has 1 amide bonds. The van der Waals surface area contributed by atoms with Crippen molar-refractivity contribution in [1.82, 2.24) is 4.90 Å². The van der Waals surface area contributed by atoms with Gasteiger partial charge in [-0.25, -0.2) is 8.42 Å². The van der Waals surface area contributed by atoms with E-state index >= 15 is 0 Å². The Morgan fingerprint density at radius 1 is 0.970 bits per heavy atom. The van der Waals surface area contributed by atoms with Crippen LogP contribution in [0, 0.1) is 6.92 Å². The van der Waals surface area contributed by atoms with E-state index in [2.05, 4.69) is 0 Å². The fourth-order valence-corrected chi connectivity index (χ4v) is 5.83. The molecule has 33 heavy (non-hydrogen) atoms. The smallest absolute Gasteiger partial charge is 0.290 e. The molecule has 7 heteroatoms. The maximum Gasteiger partial charge on any atom is 0.290 e. The number of carbonyl (C=O) groups is 1. The molecule has 1 atom stereocenters. The molecule has 0 saturated heterocycles. The number of aliphatic hydroxyl groups is 1. The van der Waals surface area contributed by atoms with Crippen molar-refractivity contribution in [3.63, 3.8) is 0 Å². The molecule has 1 N–H and O–H groups in total. The van der Waals surface area contributed by atoms with Crippen molar-refractivity contribution in [1.29, 1.82) is 0 Å². The Morgan fingerprint density at radius 2 is 1.61 bits per heavy atom. The van der Waals surface area contributed by atoms with Crippen LogP contribution in [0.5, 0.6) is 0 Å². The molecule has 1 aliphatic heterocycles. The van der Waals surface area contributed by atoms with Gasteiger partial charge < -0.3 is 10.0 Å². The first-order chi connectivity index (χ1) is 15.7. The Bertz CT molecular complexity index is 1330. The summed E-state index contributed by atoms with van der Waals surface area (Å²) in [6, 6.07) is 19.8. The topological polar surface area (TPSA) is 74.7 Å². The van der Waals surface area contributed by atoms with Gasteiger partial charge in [0.25, 0.3) is 5.91 Å². The van der Waals surface area contributed by atoms with Crippen molar-refractivity contribution in [2.24, 2.45) is 0 Å². The summed E-state index contributed by atoms with van der Waals surface area (Å²) in [4.78, 5) is 14.3. The maximum atomic E-state index is 13.7. The van der Waals surface area contributed by atoms with Crippen LogP contribution in [0.1, 0.15) is 35.2 Å². The Labute approximate surface area is 198 Å². The number of halogens is 1. The molecule has 0 bridgehead atoms. The van der Waals surface area contributed by atoms with Gasteiger partial charge in [0.2, 0.25) is 9.84 Å². The second kappa shape index (κ2) is 9.04. The van der Waals surface area contributed by atoms with E-state index in [1.807, 2.05) is 26.0 Å². The Balaban J connectivity index is 1.86. The monoisotopic (exact) mass is 481 g/mol. The number of benzene rings is 3. The van der Waals surface area contributed by atoms with Gasteiger partial charge in [0.05, 0.1) is 10.9 Å². The summed E-state index contributed by atoms with van der Waals surface area (Å²) in [6.45, 7) is 3.93. The summed E-state index contributed by atoms with van der Waals surface area (Å²) < 4.78 is 27.3. The van der Waals surface area contributed by atoms with E-state index in [-0.39, 0.29) is 16.3 Å². The van der Waals surface area contributed by atoms with Crippen LogP contribution < -0.4 is 0 Å². The zero-order valence-electron chi connectivity index (χ0n) is 18.3. The van der Waals surface area contributed by atoms with Gasteiger partial charge in [0.1, 0.15) is 4.91 Å². The average molecular weight is 482 g/mol. The van der Waals surface area contributed by atoms with Crippen LogP contribution in [-0.2, 0) is 27.6 Å². The van der Waals surface area contributed by atoms with Crippen molar-refractivity contribution in [3.05, 3.63) is 111 Å². The van der Waals surface area contributed by atoms with Crippen LogP contribution in [0.3, 0.4) is 0 Å². The third-order valence-electron chi connectivity index (χ3n) is 5.88. The van der Waals surface area contributed by atoms with Crippen molar-refractivity contribution < 1.29 is 18.3 Å². The third kappa shape index (κ3) is 4.28. The Morgan fingerprint density at radius 3 is 2.21 bits per heavy atom. The number of hydrogen-bond donors (Lipinski definition) is 1. The van der Waals surface area contributed by atoms with Crippen LogP contribution in [0.25, 0.3) is 0 Å². The number of rotatable bonds is 6. The van der Waals surface area contributed by atoms with Crippen LogP contribution in [0.2, 0.25) is 5.02 Å². The summed E-state index contributed by atoms with van der Waals surface area (Å²) in [7, 11) is -4.15. The highest BCUT2D eigenvalue weighted by Crippen LogP contribution is 2.43. The molecule has 0 spiro atoms. The molecule has 0 unspecified atom stereocenters. The SMILES string of the molecule is CCc1ccc([C@H]2C(S(=O)(=O)c3ccc(C)cc3)=C(O)C(=O)N2Cc2ccccc2Cl)cc1. The summed E-state index contributed by atoms with van der Waals surface area (Å²) >= 11 is 6.32. The van der Waals surface area contributed by atoms with Crippen LogP contribution in [-0.4, -0.2) is 24.3 Å². The number of sulfone groups is 1. The van der Waals surface area contributed by atoms with Crippen molar-refractivity contribution >= 4 is 27.3 Å². The molecule has 0 fully saturated rings. The lowest BCUT2D eigenvalue weighted by molar-refractivity contribution is -0.130. The summed E-state index contributed by atoms with van der Waals surface area (Å²) in [5.74, 6) is -1.50. The van der Waals surface area contributed by atoms with Gasteiger partial charge in [-0.1, -0.05) is 78.7 Å². The van der Waals surface area contributed by atoms with Gasteiger partial charge in [0.15, 0.2) is 5.76 Å². The molecular formula is C26H24ClNO4S. The van der Waals surface area contributed by atoms with E-state index in [0.717, 1.165) is 17.5 Å². The molecule has 1 heterocycles. The Kier molecular flexibility index (Phi) is 6.32. The molecule has 1 aliphatic rings. The molecule has 0 radical (unpaired) electrons. The van der Waals surface area contributed by atoms with E-state index in [1.54, 1.807) is 48.5 Å². The molecule has 170 valence electrons. The molecule has 3 aromatic carbocycles. The van der Waals surface area contributed by atoms with E-state index < -0.39 is 27.5 Å². The van der Waals surface area contributed by atoms with Gasteiger partial charge in [-0.2, -0.15) is 0 Å². The van der Waals surface area contributed by atoms with Crippen LogP contribution in [0.15, 0.2) is 88.4 Å². The predicted octanol–water partition coefficient (Wildman–Crippen LogP) is 5.54. The van der Waals surface area contributed by atoms with Gasteiger partial charge in [-0.05, 0) is 48.2 Å². The first kappa shape index (κ1) is 23.1. The van der Waals surface area contributed by atoms with Gasteiger partial charge in [-0.3, -0.25) is 4.79 Å². The summed E-state index contributed by atoms with van der Waals surface area (Å²) in [5.41, 5.74) is 3.24. The Hall–Kier alpha value is -3.09. The molecule has 0 aliphatic carbocycles. The first-order valence-corrected chi connectivity index (χ1v) is 12.5. The molecule has 3 aromatic rings. The minimum Gasteiger partial charge on any atom is -0.502 e. The second-order valence-corrected chi connectivity index (χ2v) is 10.4. The summed E-state index contributed by atoms with van der Waals surface area (Å²) in [5, 5.41) is 11.3. The highest BCUT2D eigenvalue weighted by Gasteiger charge is 2.46. The number of hydrogen-bond acceptors (Lipinski definition) is 4. The number of aliphatic hydroxyl groups excluding tert-OH is 1. The molecule has 4 rings (SSSR count). The first-order valence-electron chi connectivity index (χ1n) is 10.6. The third-order valence-corrected chi connectivity index (χ3v) is 8.14. The average Bonchev–Trinajstić information content (AvgIpc) is 3.06. The standard InChI is InChI=1S/C26H24ClNO4S/c1-3-18-10-12-19(13-11-18)23-25(33(31,32)21-14-8-17(2)9-15-21)24(29)26(30)28(23)16-20-6-4-5-7-22(20)27/h4-15,23,29H,3,16H2,1-2H3/t23-/m0/s1. The lowest BCUT2D eigenvalue weighted by Crippen LogP contribution is -2.30. The zero-order chi connectivity index (χ0) is 23.8. The highest BCUT2D eigenvalue weighted by molar-refractivity contribution is 7.95. The van der Waals surface area contributed by atoms with E-state index in [9.17, 15) is 18.3 Å². The molecule has 5 nitrogen and oxygen atoms in total. The lowest BCUT2D eigenvalue weighted by Gasteiger charge is -2.27. The van der Waals surface area contributed by atoms with Crippen LogP contribution in [0.4, 0.5) is 0 Å². The zero-order valence-corrected chi connectivity index (χ0v) is 19.9. The number of amides is 1. The maximum absolute atomic E-state index is 13.7. The van der Waals surface area contributed by atoms with Crippen molar-refractivity contribution in [3.8, 4) is 0 Å². The number of nitrogens with zero attached hydrogens (tertiary/aromatic N) is 1. The largest absolute Gasteiger partial charge is 0.502 e. The fourth-order valence-electron chi connectivity index (χ4n) is 3.99. The van der Waals surface area contributed by atoms with Crippen LogP contribution >= 0.6 is 11.6 Å². The van der Waals surface area contributed by atoms with Crippen molar-refractivity contribution in [2.45, 2.75) is 37.8 Å². The number of aryl methyl sites for hydroxylation is 2. The van der Waals surface area contributed by atoms with E-state index in [1.165, 1.54) is 17.0 Å². The van der Waals surface area contributed by atoms with Gasteiger partial charge >= 0.3 is 0 Å². The number of carbonyl (C=O) groups excluding carboxylic acids is 1. The molecular weight excluding hydrogens is 458 g/mol. The van der Waals surface area contributed by atoms with E-state index in [4.69, 9.17) is 11.6 Å².